The topological polar surface area (TPSA) is 71.5 Å². The summed E-state index contributed by atoms with van der Waals surface area (Å²) in [4.78, 5) is 30.6. The number of likely N-dealkylation sites (tertiary alicyclic amines) is 1. The molecule has 29 heavy (non-hydrogen) atoms. The molecule has 154 valence electrons. The zero-order valence-electron chi connectivity index (χ0n) is 17.2. The predicted molar refractivity (Wildman–Crippen MR) is 109 cm³/mol. The number of carbonyl (C=O) groups is 2. The number of nitrogens with zero attached hydrogens (tertiary/aromatic N) is 2. The van der Waals surface area contributed by atoms with E-state index in [1.165, 1.54) is 11.0 Å². The van der Waals surface area contributed by atoms with Gasteiger partial charge in [-0.2, -0.15) is 0 Å². The lowest BCUT2D eigenvalue weighted by atomic mass is 10.0. The molecule has 1 fully saturated rings. The number of amides is 2. The van der Waals surface area contributed by atoms with Crippen molar-refractivity contribution < 1.29 is 18.7 Å². The van der Waals surface area contributed by atoms with Gasteiger partial charge in [0.05, 0.1) is 6.20 Å². The number of pyridine rings is 1. The first-order chi connectivity index (χ1) is 13.6. The number of hydrogen-bond donors (Lipinski definition) is 1. The number of aryl methyl sites for hydroxylation is 1. The van der Waals surface area contributed by atoms with E-state index in [9.17, 15) is 14.0 Å². The number of ether oxygens (including phenoxy) is 1. The molecule has 6 nitrogen and oxygen atoms in total. The quantitative estimate of drug-likeness (QED) is 0.823. The number of benzene rings is 1. The molecule has 2 heterocycles. The predicted octanol–water partition coefficient (Wildman–Crippen LogP) is 4.53. The first-order valence-corrected chi connectivity index (χ1v) is 9.66. The van der Waals surface area contributed by atoms with Crippen LogP contribution in [0.4, 0.5) is 14.9 Å². The first kappa shape index (κ1) is 20.8. The molecule has 1 aromatic heterocycles. The van der Waals surface area contributed by atoms with Gasteiger partial charge in [-0.05, 0) is 69.9 Å². The maximum absolute atomic E-state index is 13.6. The fourth-order valence-corrected chi connectivity index (χ4v) is 3.37. The summed E-state index contributed by atoms with van der Waals surface area (Å²) in [5.41, 5.74) is 2.31. The fourth-order valence-electron chi connectivity index (χ4n) is 3.37. The summed E-state index contributed by atoms with van der Waals surface area (Å²) in [7, 11) is 0. The second-order valence-electron chi connectivity index (χ2n) is 8.24. The fraction of sp³-hybridized carbons (Fsp3) is 0.409. The van der Waals surface area contributed by atoms with Crippen molar-refractivity contribution in [3.63, 3.8) is 0 Å². The molecule has 0 unspecified atom stereocenters. The van der Waals surface area contributed by atoms with E-state index >= 15 is 0 Å². The van der Waals surface area contributed by atoms with Crippen LogP contribution in [-0.4, -0.2) is 40.1 Å². The molecular formula is C22H26FN3O3. The van der Waals surface area contributed by atoms with E-state index in [0.29, 0.717) is 24.2 Å². The van der Waals surface area contributed by atoms with Gasteiger partial charge in [0.2, 0.25) is 5.91 Å². The Morgan fingerprint density at radius 1 is 1.24 bits per heavy atom. The highest BCUT2D eigenvalue weighted by Crippen LogP contribution is 2.28. The van der Waals surface area contributed by atoms with Crippen molar-refractivity contribution in [2.75, 3.05) is 11.9 Å². The smallest absolute Gasteiger partial charge is 0.410 e. The molecule has 1 aromatic carbocycles. The molecule has 7 heteroatoms. The number of halogens is 1. The molecule has 1 aliphatic heterocycles. The maximum atomic E-state index is 13.6. The van der Waals surface area contributed by atoms with Gasteiger partial charge in [-0.15, -0.1) is 0 Å². The van der Waals surface area contributed by atoms with Crippen molar-refractivity contribution in [2.24, 2.45) is 0 Å². The third-order valence-corrected chi connectivity index (χ3v) is 4.70. The van der Waals surface area contributed by atoms with Crippen LogP contribution in [0.2, 0.25) is 0 Å². The van der Waals surface area contributed by atoms with Gasteiger partial charge in [0.15, 0.2) is 0 Å². The van der Waals surface area contributed by atoms with Crippen molar-refractivity contribution in [3.05, 3.63) is 48.0 Å². The Balaban J connectivity index is 1.77. The van der Waals surface area contributed by atoms with Gasteiger partial charge in [-0.25, -0.2) is 9.18 Å². The van der Waals surface area contributed by atoms with Crippen LogP contribution in [-0.2, 0) is 9.53 Å². The molecular weight excluding hydrogens is 373 g/mol. The van der Waals surface area contributed by atoms with Crippen LogP contribution >= 0.6 is 0 Å². The molecule has 2 aromatic rings. The van der Waals surface area contributed by atoms with E-state index in [2.05, 4.69) is 10.3 Å². The molecule has 1 saturated heterocycles. The lowest BCUT2D eigenvalue weighted by Crippen LogP contribution is -2.45. The third kappa shape index (κ3) is 5.10. The number of aromatic nitrogens is 1. The molecule has 0 spiro atoms. The van der Waals surface area contributed by atoms with Crippen molar-refractivity contribution in [3.8, 4) is 11.1 Å². The summed E-state index contributed by atoms with van der Waals surface area (Å²) in [5.74, 6) is -0.684. The average Bonchev–Trinajstić information content (AvgIpc) is 3.12. The molecule has 1 aliphatic rings. The van der Waals surface area contributed by atoms with Gasteiger partial charge in [-0.3, -0.25) is 14.7 Å². The summed E-state index contributed by atoms with van der Waals surface area (Å²) in [6, 6.07) is 6.26. The molecule has 0 radical (unpaired) electrons. The average molecular weight is 399 g/mol. The van der Waals surface area contributed by atoms with E-state index < -0.39 is 23.6 Å². The number of rotatable bonds is 3. The monoisotopic (exact) mass is 399 g/mol. The summed E-state index contributed by atoms with van der Waals surface area (Å²) in [6.07, 6.45) is 3.57. The highest BCUT2D eigenvalue weighted by atomic mass is 19.1. The number of carbonyl (C=O) groups excluding carboxylic acids is 2. The van der Waals surface area contributed by atoms with Gasteiger partial charge in [0.1, 0.15) is 17.5 Å². The van der Waals surface area contributed by atoms with E-state index in [1.807, 2.05) is 13.0 Å². The Hall–Kier alpha value is -2.96. The van der Waals surface area contributed by atoms with E-state index in [1.54, 1.807) is 39.1 Å². The minimum Gasteiger partial charge on any atom is -0.444 e. The van der Waals surface area contributed by atoms with E-state index in [-0.39, 0.29) is 5.91 Å². The number of nitrogens with one attached hydrogen (secondary N) is 1. The summed E-state index contributed by atoms with van der Waals surface area (Å²) >= 11 is 0. The Bertz CT molecular complexity index is 924. The summed E-state index contributed by atoms with van der Waals surface area (Å²) in [6.45, 7) is 7.79. The van der Waals surface area contributed by atoms with E-state index in [0.717, 1.165) is 23.7 Å². The lowest BCUT2D eigenvalue weighted by Gasteiger charge is -2.28. The zero-order chi connectivity index (χ0) is 21.2. The Labute approximate surface area is 170 Å². The molecule has 1 atom stereocenters. The Morgan fingerprint density at radius 2 is 2.00 bits per heavy atom. The highest BCUT2D eigenvalue weighted by molar-refractivity contribution is 5.97. The van der Waals surface area contributed by atoms with Crippen LogP contribution in [0.5, 0.6) is 0 Å². The minimum atomic E-state index is -0.619. The summed E-state index contributed by atoms with van der Waals surface area (Å²) < 4.78 is 19.0. The molecule has 2 amide bonds. The van der Waals surface area contributed by atoms with Gasteiger partial charge in [-0.1, -0.05) is 6.07 Å². The first-order valence-electron chi connectivity index (χ1n) is 9.66. The normalized spacial score (nSPS) is 16.6. The van der Waals surface area contributed by atoms with Gasteiger partial charge >= 0.3 is 6.09 Å². The second kappa shape index (κ2) is 8.19. The van der Waals surface area contributed by atoms with Crippen LogP contribution in [0.15, 0.2) is 36.7 Å². The Morgan fingerprint density at radius 3 is 2.69 bits per heavy atom. The van der Waals surface area contributed by atoms with Crippen LogP contribution in [0, 0.1) is 12.7 Å². The Kier molecular flexibility index (Phi) is 5.86. The molecule has 0 saturated carbocycles. The second-order valence-corrected chi connectivity index (χ2v) is 8.24. The largest absolute Gasteiger partial charge is 0.444 e. The molecule has 1 N–H and O–H groups in total. The van der Waals surface area contributed by atoms with E-state index in [4.69, 9.17) is 4.74 Å². The van der Waals surface area contributed by atoms with Gasteiger partial charge in [0.25, 0.3) is 0 Å². The SMILES string of the molecule is Cc1ccc(NC(=O)[C@H]2CCCN2C(=O)OC(C)(C)C)cc1-c1cncc(F)c1. The molecule has 3 rings (SSSR count). The van der Waals surface area contributed by atoms with Crippen LogP contribution < -0.4 is 5.32 Å². The van der Waals surface area contributed by atoms with Crippen LogP contribution in [0.25, 0.3) is 11.1 Å². The van der Waals surface area contributed by atoms with Crippen molar-refractivity contribution >= 4 is 17.7 Å². The van der Waals surface area contributed by atoms with Crippen molar-refractivity contribution in [1.82, 2.24) is 9.88 Å². The zero-order valence-corrected chi connectivity index (χ0v) is 17.2. The summed E-state index contributed by atoms with van der Waals surface area (Å²) in [5, 5.41) is 2.88. The lowest BCUT2D eigenvalue weighted by molar-refractivity contribution is -0.120. The van der Waals surface area contributed by atoms with Crippen LogP contribution in [0.3, 0.4) is 0 Å². The van der Waals surface area contributed by atoms with Gasteiger partial charge < -0.3 is 10.1 Å². The molecule has 0 aliphatic carbocycles. The number of hydrogen-bond acceptors (Lipinski definition) is 4. The maximum Gasteiger partial charge on any atom is 0.410 e. The van der Waals surface area contributed by atoms with Gasteiger partial charge in [0, 0.05) is 24.0 Å². The molecule has 0 bridgehead atoms. The van der Waals surface area contributed by atoms with Crippen molar-refractivity contribution in [1.29, 1.82) is 0 Å². The standard InChI is InChI=1S/C22H26FN3O3/c1-14-7-8-17(11-18(14)15-10-16(23)13-24-12-15)25-20(27)19-6-5-9-26(19)21(28)29-22(2,3)4/h7-8,10-13,19H,5-6,9H2,1-4H3,(H,25,27)/t19-/m1/s1. The highest BCUT2D eigenvalue weighted by Gasteiger charge is 2.36. The number of anilines is 1. The minimum absolute atomic E-state index is 0.263. The van der Waals surface area contributed by atoms with Crippen LogP contribution in [0.1, 0.15) is 39.2 Å². The third-order valence-electron chi connectivity index (χ3n) is 4.70. The van der Waals surface area contributed by atoms with Crippen molar-refractivity contribution in [2.45, 2.75) is 52.2 Å².